The molecular formula is C15H18ClN3O2. The third-order valence-electron chi connectivity index (χ3n) is 4.33. The average Bonchev–Trinajstić information content (AvgIpc) is 2.76. The average molecular weight is 308 g/mol. The van der Waals surface area contributed by atoms with Gasteiger partial charge in [-0.1, -0.05) is 24.6 Å². The van der Waals surface area contributed by atoms with Crippen molar-refractivity contribution in [1.29, 1.82) is 0 Å². The van der Waals surface area contributed by atoms with Crippen molar-refractivity contribution < 1.29 is 4.79 Å². The molecule has 2 heterocycles. The zero-order valence-electron chi connectivity index (χ0n) is 12.1. The van der Waals surface area contributed by atoms with Crippen LogP contribution in [-0.2, 0) is 4.79 Å². The van der Waals surface area contributed by atoms with E-state index in [9.17, 15) is 9.59 Å². The Labute approximate surface area is 127 Å². The number of amides is 1. The van der Waals surface area contributed by atoms with Gasteiger partial charge in [0.25, 0.3) is 0 Å². The summed E-state index contributed by atoms with van der Waals surface area (Å²) in [7, 11) is 0. The number of para-hydroxylation sites is 1. The highest BCUT2D eigenvalue weighted by atomic mass is 35.5. The quantitative estimate of drug-likeness (QED) is 0.879. The summed E-state index contributed by atoms with van der Waals surface area (Å²) in [6.45, 7) is 5.00. The summed E-state index contributed by atoms with van der Waals surface area (Å²) in [5.41, 5.74) is 1.39. The molecule has 1 amide bonds. The Bertz CT molecular complexity index is 749. The largest absolute Gasteiger partial charge is 0.343 e. The molecule has 0 radical (unpaired) electrons. The number of nitrogens with one attached hydrogen (secondary N) is 1. The van der Waals surface area contributed by atoms with E-state index >= 15 is 0 Å². The number of nitrogens with zero attached hydrogens (tertiary/aromatic N) is 2. The highest BCUT2D eigenvalue weighted by molar-refractivity contribution is 6.34. The molecule has 5 nitrogen and oxygen atoms in total. The van der Waals surface area contributed by atoms with E-state index in [1.54, 1.807) is 17.6 Å². The monoisotopic (exact) mass is 307 g/mol. The summed E-state index contributed by atoms with van der Waals surface area (Å²) in [6.07, 6.45) is 0.763. The van der Waals surface area contributed by atoms with Gasteiger partial charge >= 0.3 is 5.69 Å². The Balaban J connectivity index is 2.04. The maximum atomic E-state index is 12.3. The minimum absolute atomic E-state index is 0.0572. The number of imidazole rings is 1. The molecule has 21 heavy (non-hydrogen) atoms. The van der Waals surface area contributed by atoms with Gasteiger partial charge in [-0.15, -0.1) is 0 Å². The highest BCUT2D eigenvalue weighted by Gasteiger charge is 2.30. The zero-order chi connectivity index (χ0) is 15.1. The molecule has 1 saturated heterocycles. The maximum Gasteiger partial charge on any atom is 0.326 e. The first-order valence-corrected chi connectivity index (χ1v) is 7.51. The molecule has 6 heteroatoms. The van der Waals surface area contributed by atoms with Gasteiger partial charge in [0.15, 0.2) is 0 Å². The molecule has 1 aliphatic rings. The molecule has 1 N–H and O–H groups in total. The smallest absolute Gasteiger partial charge is 0.326 e. The first kappa shape index (κ1) is 14.2. The molecule has 0 aliphatic carbocycles. The number of H-pyrrole nitrogens is 1. The number of halogens is 1. The number of rotatable bonds is 1. The topological polar surface area (TPSA) is 58.1 Å². The molecule has 0 spiro atoms. The molecule has 1 aliphatic heterocycles. The van der Waals surface area contributed by atoms with Crippen molar-refractivity contribution in [3.8, 4) is 0 Å². The number of fused-ring (bicyclic) bond motifs is 1. The van der Waals surface area contributed by atoms with Crippen LogP contribution >= 0.6 is 11.6 Å². The summed E-state index contributed by atoms with van der Waals surface area (Å²) in [4.78, 5) is 28.5. The van der Waals surface area contributed by atoms with Crippen molar-refractivity contribution in [3.05, 3.63) is 33.7 Å². The van der Waals surface area contributed by atoms with Crippen LogP contribution in [0.2, 0.25) is 5.02 Å². The molecule has 2 atom stereocenters. The Morgan fingerprint density at radius 3 is 2.86 bits per heavy atom. The number of aromatic nitrogens is 2. The van der Waals surface area contributed by atoms with E-state index in [2.05, 4.69) is 11.9 Å². The fourth-order valence-corrected chi connectivity index (χ4v) is 3.52. The van der Waals surface area contributed by atoms with Gasteiger partial charge in [-0.2, -0.15) is 0 Å². The third-order valence-corrected chi connectivity index (χ3v) is 4.63. The van der Waals surface area contributed by atoms with E-state index in [0.717, 1.165) is 17.5 Å². The maximum absolute atomic E-state index is 12.3. The van der Waals surface area contributed by atoms with Crippen molar-refractivity contribution in [2.75, 3.05) is 13.1 Å². The van der Waals surface area contributed by atoms with E-state index < -0.39 is 0 Å². The molecule has 112 valence electrons. The fourth-order valence-electron chi connectivity index (χ4n) is 3.26. The first-order chi connectivity index (χ1) is 9.99. The number of hydrogen-bond donors (Lipinski definition) is 1. The Kier molecular flexibility index (Phi) is 3.53. The third kappa shape index (κ3) is 2.35. The van der Waals surface area contributed by atoms with Crippen molar-refractivity contribution in [1.82, 2.24) is 14.5 Å². The molecule has 0 bridgehead atoms. The summed E-state index contributed by atoms with van der Waals surface area (Å²) < 4.78 is 1.76. The van der Waals surface area contributed by atoms with Gasteiger partial charge in [0.2, 0.25) is 5.91 Å². The standard InChI is InChI=1S/C15H18ClN3O2/c1-9-8-18(10(2)20)7-6-13(9)19-14-11(16)4-3-5-12(14)17-15(19)21/h3-5,9,13H,6-8H2,1-2H3,(H,17,21)/t9-,13-/m0/s1. The fraction of sp³-hybridized carbons (Fsp3) is 0.467. The van der Waals surface area contributed by atoms with Crippen LogP contribution in [0.25, 0.3) is 11.0 Å². The Morgan fingerprint density at radius 1 is 1.43 bits per heavy atom. The lowest BCUT2D eigenvalue weighted by atomic mass is 9.93. The second kappa shape index (κ2) is 5.22. The molecule has 3 rings (SSSR count). The van der Waals surface area contributed by atoms with Crippen molar-refractivity contribution in [2.24, 2.45) is 5.92 Å². The molecule has 0 unspecified atom stereocenters. The molecule has 1 aromatic carbocycles. The number of aromatic amines is 1. The number of carbonyl (C=O) groups excluding carboxylic acids is 1. The van der Waals surface area contributed by atoms with E-state index in [4.69, 9.17) is 11.6 Å². The van der Waals surface area contributed by atoms with Crippen LogP contribution in [0, 0.1) is 5.92 Å². The van der Waals surface area contributed by atoms with E-state index in [-0.39, 0.29) is 23.6 Å². The van der Waals surface area contributed by atoms with Gasteiger partial charge in [0, 0.05) is 26.1 Å². The number of benzene rings is 1. The molecule has 0 saturated carbocycles. The Morgan fingerprint density at radius 2 is 2.19 bits per heavy atom. The van der Waals surface area contributed by atoms with Gasteiger partial charge in [0.1, 0.15) is 0 Å². The van der Waals surface area contributed by atoms with Crippen LogP contribution in [0.4, 0.5) is 0 Å². The van der Waals surface area contributed by atoms with Crippen LogP contribution in [0.1, 0.15) is 26.3 Å². The predicted octanol–water partition coefficient (Wildman–Crippen LogP) is 2.41. The zero-order valence-corrected chi connectivity index (χ0v) is 12.9. The van der Waals surface area contributed by atoms with Crippen LogP contribution in [0.5, 0.6) is 0 Å². The first-order valence-electron chi connectivity index (χ1n) is 7.13. The molecule has 1 fully saturated rings. The normalized spacial score (nSPS) is 22.7. The summed E-state index contributed by atoms with van der Waals surface area (Å²) in [5, 5.41) is 0.576. The van der Waals surface area contributed by atoms with Crippen molar-refractivity contribution in [2.45, 2.75) is 26.3 Å². The number of carbonyl (C=O) groups is 1. The van der Waals surface area contributed by atoms with Gasteiger partial charge in [0.05, 0.1) is 16.1 Å². The lowest BCUT2D eigenvalue weighted by Crippen LogP contribution is -2.44. The van der Waals surface area contributed by atoms with E-state index in [1.165, 1.54) is 0 Å². The number of hydrogen-bond acceptors (Lipinski definition) is 2. The molecular weight excluding hydrogens is 290 g/mol. The van der Waals surface area contributed by atoms with E-state index in [0.29, 0.717) is 18.1 Å². The van der Waals surface area contributed by atoms with Crippen LogP contribution in [0.3, 0.4) is 0 Å². The van der Waals surface area contributed by atoms with Gasteiger partial charge in [-0.25, -0.2) is 4.79 Å². The molecule has 2 aromatic rings. The van der Waals surface area contributed by atoms with Crippen LogP contribution in [0.15, 0.2) is 23.0 Å². The number of piperidine rings is 1. The predicted molar refractivity (Wildman–Crippen MR) is 82.6 cm³/mol. The lowest BCUT2D eigenvalue weighted by Gasteiger charge is -2.37. The van der Waals surface area contributed by atoms with Crippen molar-refractivity contribution >= 4 is 28.5 Å². The number of likely N-dealkylation sites (tertiary alicyclic amines) is 1. The van der Waals surface area contributed by atoms with Gasteiger partial charge in [-0.05, 0) is 24.5 Å². The minimum atomic E-state index is -0.133. The SMILES string of the molecule is CC(=O)N1CC[C@H](n2c(=O)[nH]c3cccc(Cl)c32)[C@@H](C)C1. The second-order valence-electron chi connectivity index (χ2n) is 5.73. The summed E-state index contributed by atoms with van der Waals surface area (Å²) >= 11 is 6.28. The summed E-state index contributed by atoms with van der Waals surface area (Å²) in [5.74, 6) is 0.292. The second-order valence-corrected chi connectivity index (χ2v) is 6.14. The van der Waals surface area contributed by atoms with Gasteiger partial charge in [-0.3, -0.25) is 9.36 Å². The van der Waals surface area contributed by atoms with Gasteiger partial charge < -0.3 is 9.88 Å². The van der Waals surface area contributed by atoms with Crippen LogP contribution < -0.4 is 5.69 Å². The lowest BCUT2D eigenvalue weighted by molar-refractivity contribution is -0.131. The summed E-state index contributed by atoms with van der Waals surface area (Å²) in [6, 6.07) is 5.53. The van der Waals surface area contributed by atoms with Crippen LogP contribution in [-0.4, -0.2) is 33.4 Å². The minimum Gasteiger partial charge on any atom is -0.343 e. The highest BCUT2D eigenvalue weighted by Crippen LogP contribution is 2.31. The van der Waals surface area contributed by atoms with Crippen molar-refractivity contribution in [3.63, 3.8) is 0 Å². The Hall–Kier alpha value is -1.75. The molecule has 1 aromatic heterocycles. The van der Waals surface area contributed by atoms with E-state index in [1.807, 2.05) is 17.0 Å².